The molecular formula is C14H17NO5. The van der Waals surface area contributed by atoms with Gasteiger partial charge in [-0.15, -0.1) is 0 Å². The number of rotatable bonds is 4. The second-order valence-electron chi connectivity index (χ2n) is 4.74. The fourth-order valence-electron chi connectivity index (χ4n) is 2.18. The van der Waals surface area contributed by atoms with Crippen molar-refractivity contribution in [2.45, 2.75) is 12.5 Å². The molecule has 0 radical (unpaired) electrons. The van der Waals surface area contributed by atoms with E-state index in [2.05, 4.69) is 5.32 Å². The van der Waals surface area contributed by atoms with Crippen LogP contribution in [0.25, 0.3) is 0 Å². The molecule has 2 heterocycles. The van der Waals surface area contributed by atoms with Gasteiger partial charge >= 0.3 is 0 Å². The van der Waals surface area contributed by atoms with Gasteiger partial charge in [-0.2, -0.15) is 0 Å². The lowest BCUT2D eigenvalue weighted by molar-refractivity contribution is -0.123. The zero-order valence-electron chi connectivity index (χ0n) is 11.1. The molecule has 1 atom stereocenters. The lowest BCUT2D eigenvalue weighted by Gasteiger charge is -2.23. The smallest absolute Gasteiger partial charge is 0.231 e. The van der Waals surface area contributed by atoms with Gasteiger partial charge in [-0.25, -0.2) is 0 Å². The fraction of sp³-hybridized carbons (Fsp3) is 0.500. The summed E-state index contributed by atoms with van der Waals surface area (Å²) in [7, 11) is 0. The van der Waals surface area contributed by atoms with Crippen molar-refractivity contribution in [1.82, 2.24) is 5.32 Å². The number of hydrogen-bond donors (Lipinski definition) is 1. The molecule has 0 spiro atoms. The Labute approximate surface area is 117 Å². The predicted octanol–water partition coefficient (Wildman–Crippen LogP) is 0.489. The van der Waals surface area contributed by atoms with Crippen molar-refractivity contribution < 1.29 is 23.7 Å². The van der Waals surface area contributed by atoms with E-state index in [1.165, 1.54) is 0 Å². The maximum Gasteiger partial charge on any atom is 0.231 e. The first kappa shape index (κ1) is 13.2. The van der Waals surface area contributed by atoms with Crippen LogP contribution in [0.4, 0.5) is 0 Å². The van der Waals surface area contributed by atoms with Crippen molar-refractivity contribution in [3.63, 3.8) is 0 Å². The summed E-state index contributed by atoms with van der Waals surface area (Å²) in [4.78, 5) is 11.9. The summed E-state index contributed by atoms with van der Waals surface area (Å²) in [5.41, 5.74) is 0.896. The SMILES string of the molecule is O=C(Cc1ccc2c(c1)OCO2)NCC1COCCO1. The third-order valence-electron chi connectivity index (χ3n) is 3.21. The van der Waals surface area contributed by atoms with E-state index < -0.39 is 0 Å². The number of nitrogens with one attached hydrogen (secondary N) is 1. The Balaban J connectivity index is 1.48. The van der Waals surface area contributed by atoms with Crippen LogP contribution in [0.15, 0.2) is 18.2 Å². The summed E-state index contributed by atoms with van der Waals surface area (Å²) >= 11 is 0. The van der Waals surface area contributed by atoms with Gasteiger partial charge in [0, 0.05) is 6.54 Å². The van der Waals surface area contributed by atoms with Gasteiger partial charge in [0.1, 0.15) is 0 Å². The highest BCUT2D eigenvalue weighted by molar-refractivity contribution is 5.78. The van der Waals surface area contributed by atoms with Gasteiger partial charge in [0.05, 0.1) is 32.3 Å². The first-order chi connectivity index (χ1) is 9.81. The van der Waals surface area contributed by atoms with Gasteiger partial charge in [-0.3, -0.25) is 4.79 Å². The Morgan fingerprint density at radius 2 is 2.15 bits per heavy atom. The molecule has 2 aliphatic rings. The van der Waals surface area contributed by atoms with E-state index in [1.807, 2.05) is 18.2 Å². The quantitative estimate of drug-likeness (QED) is 0.869. The van der Waals surface area contributed by atoms with Crippen LogP contribution in [0.5, 0.6) is 11.5 Å². The minimum absolute atomic E-state index is 0.0435. The van der Waals surface area contributed by atoms with Crippen molar-refractivity contribution in [3.05, 3.63) is 23.8 Å². The lowest BCUT2D eigenvalue weighted by Crippen LogP contribution is -2.40. The molecule has 6 heteroatoms. The molecule has 1 aromatic carbocycles. The lowest BCUT2D eigenvalue weighted by atomic mass is 10.1. The highest BCUT2D eigenvalue weighted by Crippen LogP contribution is 2.32. The molecule has 1 unspecified atom stereocenters. The maximum absolute atomic E-state index is 11.9. The van der Waals surface area contributed by atoms with E-state index in [0.29, 0.717) is 38.5 Å². The third kappa shape index (κ3) is 3.20. The maximum atomic E-state index is 11.9. The number of carbonyl (C=O) groups excluding carboxylic acids is 1. The van der Waals surface area contributed by atoms with Crippen molar-refractivity contribution in [3.8, 4) is 11.5 Å². The van der Waals surface area contributed by atoms with E-state index in [4.69, 9.17) is 18.9 Å². The van der Waals surface area contributed by atoms with Gasteiger partial charge in [0.2, 0.25) is 12.7 Å². The van der Waals surface area contributed by atoms with Gasteiger partial charge in [-0.1, -0.05) is 6.07 Å². The van der Waals surface area contributed by atoms with Crippen LogP contribution in [0, 0.1) is 0 Å². The number of amides is 1. The number of benzene rings is 1. The Morgan fingerprint density at radius 1 is 1.25 bits per heavy atom. The van der Waals surface area contributed by atoms with Gasteiger partial charge in [0.15, 0.2) is 11.5 Å². The number of hydrogen-bond acceptors (Lipinski definition) is 5. The molecule has 1 amide bonds. The third-order valence-corrected chi connectivity index (χ3v) is 3.21. The van der Waals surface area contributed by atoms with E-state index in [0.717, 1.165) is 11.3 Å². The van der Waals surface area contributed by atoms with E-state index in [9.17, 15) is 4.79 Å². The molecule has 20 heavy (non-hydrogen) atoms. The van der Waals surface area contributed by atoms with Crippen LogP contribution < -0.4 is 14.8 Å². The summed E-state index contributed by atoms with van der Waals surface area (Å²) < 4.78 is 21.3. The molecule has 1 N–H and O–H groups in total. The molecule has 0 saturated carbocycles. The summed E-state index contributed by atoms with van der Waals surface area (Å²) in [6.07, 6.45) is 0.258. The summed E-state index contributed by atoms with van der Waals surface area (Å²) in [6.45, 7) is 2.46. The molecule has 6 nitrogen and oxygen atoms in total. The summed E-state index contributed by atoms with van der Waals surface area (Å²) in [5.74, 6) is 1.37. The molecule has 1 aromatic rings. The van der Waals surface area contributed by atoms with Crippen LogP contribution in [-0.2, 0) is 20.7 Å². The van der Waals surface area contributed by atoms with E-state index in [-0.39, 0.29) is 18.8 Å². The summed E-state index contributed by atoms with van der Waals surface area (Å²) in [5, 5.41) is 2.85. The second kappa shape index (κ2) is 6.11. The molecule has 2 aliphatic heterocycles. The van der Waals surface area contributed by atoms with Crippen molar-refractivity contribution in [2.24, 2.45) is 0 Å². The molecule has 108 valence electrons. The second-order valence-corrected chi connectivity index (χ2v) is 4.74. The fourth-order valence-corrected chi connectivity index (χ4v) is 2.18. The highest BCUT2D eigenvalue weighted by Gasteiger charge is 2.17. The topological polar surface area (TPSA) is 66.0 Å². The highest BCUT2D eigenvalue weighted by atomic mass is 16.7. The van der Waals surface area contributed by atoms with Crippen molar-refractivity contribution in [2.75, 3.05) is 33.2 Å². The zero-order chi connectivity index (χ0) is 13.8. The minimum Gasteiger partial charge on any atom is -0.454 e. The first-order valence-corrected chi connectivity index (χ1v) is 6.66. The molecule has 1 saturated heterocycles. The Morgan fingerprint density at radius 3 is 3.00 bits per heavy atom. The van der Waals surface area contributed by atoms with E-state index in [1.54, 1.807) is 0 Å². The standard InChI is InChI=1S/C14H17NO5/c16-14(15-7-11-8-17-3-4-18-11)6-10-1-2-12-13(5-10)20-9-19-12/h1-2,5,11H,3-4,6-9H2,(H,15,16). The van der Waals surface area contributed by atoms with Crippen LogP contribution in [-0.4, -0.2) is 45.2 Å². The molecular weight excluding hydrogens is 262 g/mol. The number of carbonyl (C=O) groups is 1. The number of fused-ring (bicyclic) bond motifs is 1. The molecule has 0 aromatic heterocycles. The average molecular weight is 279 g/mol. The Kier molecular flexibility index (Phi) is 4.03. The molecule has 0 aliphatic carbocycles. The van der Waals surface area contributed by atoms with Crippen LogP contribution >= 0.6 is 0 Å². The molecule has 1 fully saturated rings. The minimum atomic E-state index is -0.0514. The normalized spacial score (nSPS) is 20.7. The molecule has 0 bridgehead atoms. The van der Waals surface area contributed by atoms with Crippen molar-refractivity contribution in [1.29, 1.82) is 0 Å². The summed E-state index contributed by atoms with van der Waals surface area (Å²) in [6, 6.07) is 5.53. The van der Waals surface area contributed by atoms with Gasteiger partial charge in [0.25, 0.3) is 0 Å². The van der Waals surface area contributed by atoms with E-state index >= 15 is 0 Å². The van der Waals surface area contributed by atoms with Crippen LogP contribution in [0.2, 0.25) is 0 Å². The Bertz CT molecular complexity index is 484. The van der Waals surface area contributed by atoms with Crippen LogP contribution in [0.1, 0.15) is 5.56 Å². The number of ether oxygens (including phenoxy) is 4. The largest absolute Gasteiger partial charge is 0.454 e. The van der Waals surface area contributed by atoms with Gasteiger partial charge in [-0.05, 0) is 17.7 Å². The average Bonchev–Trinajstić information content (AvgIpc) is 2.94. The zero-order valence-corrected chi connectivity index (χ0v) is 11.1. The predicted molar refractivity (Wildman–Crippen MR) is 69.8 cm³/mol. The van der Waals surface area contributed by atoms with Crippen LogP contribution in [0.3, 0.4) is 0 Å². The van der Waals surface area contributed by atoms with Crippen molar-refractivity contribution >= 4 is 5.91 Å². The Hall–Kier alpha value is -1.79. The molecule has 3 rings (SSSR count). The first-order valence-electron chi connectivity index (χ1n) is 6.66. The monoisotopic (exact) mass is 279 g/mol. The van der Waals surface area contributed by atoms with Gasteiger partial charge < -0.3 is 24.3 Å².